The average Bonchev–Trinajstić information content (AvgIpc) is 3.17. The Labute approximate surface area is 123 Å². The van der Waals surface area contributed by atoms with Gasteiger partial charge >= 0.3 is 5.97 Å². The summed E-state index contributed by atoms with van der Waals surface area (Å²) in [7, 11) is 0. The summed E-state index contributed by atoms with van der Waals surface area (Å²) in [5.41, 5.74) is 0.999. The first-order valence-electron chi connectivity index (χ1n) is 7.38. The van der Waals surface area contributed by atoms with Crippen molar-refractivity contribution < 1.29 is 14.3 Å². The molecule has 0 bridgehead atoms. The molecule has 5 heteroatoms. The standard InChI is InChI=1S/C16H18N2O3/c19-16(20)13-8-6-12(7-9-13)15-18-17-14(21-15)10-5-11-3-1-2-4-11/h6-9,11H,1-5,10H2,(H,19,20). The fourth-order valence-corrected chi connectivity index (χ4v) is 2.85. The van der Waals surface area contributed by atoms with Gasteiger partial charge in [0.05, 0.1) is 5.56 Å². The highest BCUT2D eigenvalue weighted by atomic mass is 16.4. The number of aromatic nitrogens is 2. The van der Waals surface area contributed by atoms with Gasteiger partial charge < -0.3 is 9.52 Å². The summed E-state index contributed by atoms with van der Waals surface area (Å²) < 4.78 is 5.66. The molecular formula is C16H18N2O3. The number of rotatable bonds is 5. The van der Waals surface area contributed by atoms with Gasteiger partial charge in [-0.2, -0.15) is 0 Å². The highest BCUT2D eigenvalue weighted by Gasteiger charge is 2.16. The third kappa shape index (κ3) is 3.29. The van der Waals surface area contributed by atoms with E-state index in [9.17, 15) is 4.79 Å². The summed E-state index contributed by atoms with van der Waals surface area (Å²) in [5.74, 6) is 0.979. The van der Waals surface area contributed by atoms with Gasteiger partial charge in [0, 0.05) is 12.0 Å². The Hall–Kier alpha value is -2.17. The van der Waals surface area contributed by atoms with E-state index in [1.807, 2.05) is 0 Å². The second-order valence-electron chi connectivity index (χ2n) is 5.57. The number of benzene rings is 1. The summed E-state index contributed by atoms with van der Waals surface area (Å²) >= 11 is 0. The second kappa shape index (κ2) is 6.08. The van der Waals surface area contributed by atoms with Crippen LogP contribution in [-0.2, 0) is 6.42 Å². The normalized spacial score (nSPS) is 15.4. The van der Waals surface area contributed by atoms with E-state index in [0.29, 0.717) is 11.8 Å². The number of hydrogen-bond acceptors (Lipinski definition) is 4. The van der Waals surface area contributed by atoms with E-state index in [1.54, 1.807) is 24.3 Å². The molecule has 2 aromatic rings. The van der Waals surface area contributed by atoms with Crippen LogP contribution in [0.5, 0.6) is 0 Å². The minimum Gasteiger partial charge on any atom is -0.478 e. The first kappa shape index (κ1) is 13.8. The molecule has 110 valence electrons. The maximum Gasteiger partial charge on any atom is 0.335 e. The molecule has 0 radical (unpaired) electrons. The zero-order chi connectivity index (χ0) is 14.7. The number of carboxylic acids is 1. The van der Waals surface area contributed by atoms with Gasteiger partial charge in [0.15, 0.2) is 0 Å². The van der Waals surface area contributed by atoms with E-state index in [1.165, 1.54) is 25.7 Å². The number of carboxylic acid groups (broad SMARTS) is 1. The summed E-state index contributed by atoms with van der Waals surface area (Å²) in [6, 6.07) is 6.47. The van der Waals surface area contributed by atoms with Crippen molar-refractivity contribution in [3.8, 4) is 11.5 Å². The lowest BCUT2D eigenvalue weighted by Crippen LogP contribution is -1.96. The molecule has 1 saturated carbocycles. The quantitative estimate of drug-likeness (QED) is 0.909. The van der Waals surface area contributed by atoms with Gasteiger partial charge in [-0.15, -0.1) is 10.2 Å². The summed E-state index contributed by atoms with van der Waals surface area (Å²) in [4.78, 5) is 10.8. The maximum absolute atomic E-state index is 10.8. The number of nitrogens with zero attached hydrogens (tertiary/aromatic N) is 2. The number of hydrogen-bond donors (Lipinski definition) is 1. The van der Waals surface area contributed by atoms with Crippen molar-refractivity contribution in [1.29, 1.82) is 0 Å². The van der Waals surface area contributed by atoms with Crippen LogP contribution in [0.4, 0.5) is 0 Å². The van der Waals surface area contributed by atoms with Crippen LogP contribution in [0.1, 0.15) is 48.4 Å². The summed E-state index contributed by atoms with van der Waals surface area (Å²) in [5, 5.41) is 17.0. The van der Waals surface area contributed by atoms with Crippen molar-refractivity contribution in [2.75, 3.05) is 0 Å². The molecule has 1 aliphatic carbocycles. The highest BCUT2D eigenvalue weighted by Crippen LogP contribution is 2.29. The van der Waals surface area contributed by atoms with E-state index in [4.69, 9.17) is 9.52 Å². The van der Waals surface area contributed by atoms with Crippen molar-refractivity contribution in [2.24, 2.45) is 5.92 Å². The van der Waals surface area contributed by atoms with E-state index in [-0.39, 0.29) is 5.56 Å². The largest absolute Gasteiger partial charge is 0.478 e. The monoisotopic (exact) mass is 286 g/mol. The van der Waals surface area contributed by atoms with Crippen molar-refractivity contribution in [1.82, 2.24) is 10.2 Å². The Morgan fingerprint density at radius 2 is 1.90 bits per heavy atom. The molecule has 1 aromatic carbocycles. The summed E-state index contributed by atoms with van der Waals surface area (Å²) in [6.07, 6.45) is 7.26. The SMILES string of the molecule is O=C(O)c1ccc(-c2nnc(CCC3CCCC3)o2)cc1. The Bertz CT molecular complexity index is 613. The molecule has 21 heavy (non-hydrogen) atoms. The molecule has 0 unspecified atom stereocenters. The lowest BCUT2D eigenvalue weighted by atomic mass is 10.0. The Morgan fingerprint density at radius 1 is 1.19 bits per heavy atom. The zero-order valence-corrected chi connectivity index (χ0v) is 11.8. The minimum absolute atomic E-state index is 0.250. The molecule has 0 spiro atoms. The molecule has 1 heterocycles. The number of carbonyl (C=O) groups is 1. The molecule has 1 aromatic heterocycles. The van der Waals surface area contributed by atoms with Gasteiger partial charge in [0.1, 0.15) is 0 Å². The predicted molar refractivity (Wildman–Crippen MR) is 77.0 cm³/mol. The summed E-state index contributed by atoms with van der Waals surface area (Å²) in [6.45, 7) is 0. The number of aryl methyl sites for hydroxylation is 1. The Kier molecular flexibility index (Phi) is 3.99. The van der Waals surface area contributed by atoms with Crippen molar-refractivity contribution >= 4 is 5.97 Å². The van der Waals surface area contributed by atoms with Crippen LogP contribution in [0.25, 0.3) is 11.5 Å². The fourth-order valence-electron chi connectivity index (χ4n) is 2.85. The minimum atomic E-state index is -0.940. The maximum atomic E-state index is 10.8. The van der Waals surface area contributed by atoms with Crippen LogP contribution >= 0.6 is 0 Å². The third-order valence-electron chi connectivity index (χ3n) is 4.09. The van der Waals surface area contributed by atoms with Gasteiger partial charge in [-0.3, -0.25) is 0 Å². The zero-order valence-electron chi connectivity index (χ0n) is 11.8. The topological polar surface area (TPSA) is 76.2 Å². The molecule has 3 rings (SSSR count). The molecule has 0 saturated heterocycles. The van der Waals surface area contributed by atoms with Crippen molar-refractivity contribution in [3.63, 3.8) is 0 Å². The van der Waals surface area contributed by atoms with Crippen LogP contribution in [-0.4, -0.2) is 21.3 Å². The molecule has 1 N–H and O–H groups in total. The highest BCUT2D eigenvalue weighted by molar-refractivity contribution is 5.88. The van der Waals surface area contributed by atoms with Gasteiger partial charge in [0.2, 0.25) is 11.8 Å². The third-order valence-corrected chi connectivity index (χ3v) is 4.09. The molecule has 5 nitrogen and oxygen atoms in total. The first-order chi connectivity index (χ1) is 10.2. The molecule has 0 atom stereocenters. The second-order valence-corrected chi connectivity index (χ2v) is 5.57. The van der Waals surface area contributed by atoms with Crippen molar-refractivity contribution in [3.05, 3.63) is 35.7 Å². The smallest absolute Gasteiger partial charge is 0.335 e. The molecule has 1 fully saturated rings. The Morgan fingerprint density at radius 3 is 2.57 bits per heavy atom. The number of aromatic carboxylic acids is 1. The van der Waals surface area contributed by atoms with E-state index >= 15 is 0 Å². The van der Waals surface area contributed by atoms with Crippen LogP contribution in [0, 0.1) is 5.92 Å². The van der Waals surface area contributed by atoms with Crippen LogP contribution in [0.3, 0.4) is 0 Å². The van der Waals surface area contributed by atoms with Gasteiger partial charge in [-0.1, -0.05) is 25.7 Å². The molecule has 1 aliphatic rings. The van der Waals surface area contributed by atoms with E-state index < -0.39 is 5.97 Å². The lowest BCUT2D eigenvalue weighted by Gasteiger charge is -2.04. The van der Waals surface area contributed by atoms with E-state index in [0.717, 1.165) is 24.3 Å². The van der Waals surface area contributed by atoms with Gasteiger partial charge in [0.25, 0.3) is 0 Å². The lowest BCUT2D eigenvalue weighted by molar-refractivity contribution is 0.0697. The average molecular weight is 286 g/mol. The fraction of sp³-hybridized carbons (Fsp3) is 0.438. The predicted octanol–water partition coefficient (Wildman–Crippen LogP) is 3.56. The van der Waals surface area contributed by atoms with Crippen molar-refractivity contribution in [2.45, 2.75) is 38.5 Å². The van der Waals surface area contributed by atoms with Crippen LogP contribution in [0.15, 0.2) is 28.7 Å². The molecule has 0 aliphatic heterocycles. The molecular weight excluding hydrogens is 268 g/mol. The molecule has 0 amide bonds. The van der Waals surface area contributed by atoms with Gasteiger partial charge in [-0.25, -0.2) is 4.79 Å². The van der Waals surface area contributed by atoms with Crippen LogP contribution < -0.4 is 0 Å². The van der Waals surface area contributed by atoms with E-state index in [2.05, 4.69) is 10.2 Å². The van der Waals surface area contributed by atoms with Gasteiger partial charge in [-0.05, 0) is 36.6 Å². The first-order valence-corrected chi connectivity index (χ1v) is 7.38. The Balaban J connectivity index is 1.64. The van der Waals surface area contributed by atoms with Crippen LogP contribution in [0.2, 0.25) is 0 Å².